The molecular weight excluding hydrogens is 404 g/mol. The van der Waals surface area contributed by atoms with Gasteiger partial charge in [-0.15, -0.1) is 0 Å². The molecule has 30 heavy (non-hydrogen) atoms. The van der Waals surface area contributed by atoms with Crippen molar-refractivity contribution in [3.63, 3.8) is 0 Å². The number of rotatable bonds is 7. The number of benzene rings is 2. The Labute approximate surface area is 179 Å². The van der Waals surface area contributed by atoms with Gasteiger partial charge in [-0.1, -0.05) is 12.1 Å². The van der Waals surface area contributed by atoms with Crippen LogP contribution in [0.5, 0.6) is 11.5 Å². The van der Waals surface area contributed by atoms with Crippen molar-refractivity contribution in [2.75, 3.05) is 31.8 Å². The summed E-state index contributed by atoms with van der Waals surface area (Å²) in [6, 6.07) is 6.85. The first-order chi connectivity index (χ1) is 13.9. The molecule has 0 bridgehead atoms. The number of amides is 1. The largest absolute Gasteiger partial charge is 0.493 e. The van der Waals surface area contributed by atoms with E-state index in [1.807, 2.05) is 27.7 Å². The number of ether oxygens (including phenoxy) is 2. The predicted octanol–water partition coefficient (Wildman–Crippen LogP) is 3.52. The lowest BCUT2D eigenvalue weighted by Gasteiger charge is -2.23. The second kappa shape index (κ2) is 8.95. The van der Waals surface area contributed by atoms with E-state index in [0.717, 1.165) is 27.3 Å². The molecule has 1 amide bonds. The van der Waals surface area contributed by atoms with Crippen molar-refractivity contribution in [1.82, 2.24) is 5.32 Å². The number of methoxy groups -OCH3 is 2. The second-order valence-electron chi connectivity index (χ2n) is 7.44. The van der Waals surface area contributed by atoms with Gasteiger partial charge in [-0.05, 0) is 56.0 Å². The van der Waals surface area contributed by atoms with Crippen LogP contribution in [0.1, 0.15) is 45.6 Å². The molecule has 0 saturated heterocycles. The summed E-state index contributed by atoms with van der Waals surface area (Å²) in [5, 5.41) is 2.98. The molecule has 8 heteroatoms. The Morgan fingerprint density at radius 3 is 2.03 bits per heavy atom. The number of anilines is 1. The normalized spacial score (nSPS) is 12.3. The van der Waals surface area contributed by atoms with Gasteiger partial charge >= 0.3 is 0 Å². The van der Waals surface area contributed by atoms with Crippen LogP contribution >= 0.6 is 0 Å². The lowest BCUT2D eigenvalue weighted by Crippen LogP contribution is -2.31. The molecule has 0 saturated carbocycles. The molecule has 0 aliphatic heterocycles. The predicted molar refractivity (Wildman–Crippen MR) is 119 cm³/mol. The number of hydrogen-bond donors (Lipinski definition) is 1. The first-order valence-corrected chi connectivity index (χ1v) is 11.3. The van der Waals surface area contributed by atoms with Crippen molar-refractivity contribution in [3.05, 3.63) is 52.1 Å². The minimum atomic E-state index is -3.60. The standard InChI is InChI=1S/C22H30N2O5S/c1-13-9-15(3)17(10-14(13)2)16(4)23-22(25)18-11-20(28-6)21(29-7)12-19(18)24(5)30(8,26)27/h9-12,16H,1-8H3,(H,23,25). The van der Waals surface area contributed by atoms with E-state index in [4.69, 9.17) is 9.47 Å². The zero-order valence-corrected chi connectivity index (χ0v) is 19.6. The molecule has 0 spiro atoms. The van der Waals surface area contributed by atoms with E-state index in [2.05, 4.69) is 17.4 Å². The van der Waals surface area contributed by atoms with Gasteiger partial charge in [-0.2, -0.15) is 0 Å². The van der Waals surface area contributed by atoms with Gasteiger partial charge in [0.05, 0.1) is 37.8 Å². The Bertz CT molecular complexity index is 1060. The highest BCUT2D eigenvalue weighted by Gasteiger charge is 2.25. The number of nitrogens with zero attached hydrogens (tertiary/aromatic N) is 1. The van der Waals surface area contributed by atoms with Gasteiger partial charge in [0, 0.05) is 13.1 Å². The molecule has 7 nitrogen and oxygen atoms in total. The topological polar surface area (TPSA) is 84.9 Å². The summed E-state index contributed by atoms with van der Waals surface area (Å²) in [5.74, 6) is 0.257. The third-order valence-electron chi connectivity index (χ3n) is 5.28. The Morgan fingerprint density at radius 2 is 1.50 bits per heavy atom. The smallest absolute Gasteiger partial charge is 0.254 e. The second-order valence-corrected chi connectivity index (χ2v) is 9.46. The highest BCUT2D eigenvalue weighted by molar-refractivity contribution is 7.92. The Hall–Kier alpha value is -2.74. The fourth-order valence-corrected chi connectivity index (χ4v) is 3.80. The quantitative estimate of drug-likeness (QED) is 0.721. The number of carbonyl (C=O) groups is 1. The molecule has 0 fully saturated rings. The first-order valence-electron chi connectivity index (χ1n) is 9.49. The van der Waals surface area contributed by atoms with E-state index in [1.165, 1.54) is 39.0 Å². The van der Waals surface area contributed by atoms with Crippen LogP contribution in [0.3, 0.4) is 0 Å². The molecule has 1 N–H and O–H groups in total. The third kappa shape index (κ3) is 4.87. The maximum Gasteiger partial charge on any atom is 0.254 e. The van der Waals surface area contributed by atoms with Crippen molar-refractivity contribution in [2.45, 2.75) is 33.7 Å². The third-order valence-corrected chi connectivity index (χ3v) is 6.47. The average molecular weight is 435 g/mol. The molecule has 0 radical (unpaired) electrons. The molecule has 2 aromatic rings. The fraction of sp³-hybridized carbons (Fsp3) is 0.409. The van der Waals surface area contributed by atoms with Crippen molar-refractivity contribution >= 4 is 21.6 Å². The van der Waals surface area contributed by atoms with Crippen LogP contribution in [0, 0.1) is 20.8 Å². The molecule has 2 rings (SSSR count). The monoisotopic (exact) mass is 434 g/mol. The summed E-state index contributed by atoms with van der Waals surface area (Å²) in [4.78, 5) is 13.2. The van der Waals surface area contributed by atoms with Gasteiger partial charge < -0.3 is 14.8 Å². The van der Waals surface area contributed by atoms with Crippen molar-refractivity contribution in [1.29, 1.82) is 0 Å². The fourth-order valence-electron chi connectivity index (χ4n) is 3.29. The van der Waals surface area contributed by atoms with Gasteiger partial charge in [0.15, 0.2) is 11.5 Å². The van der Waals surface area contributed by atoms with E-state index >= 15 is 0 Å². The summed E-state index contributed by atoms with van der Waals surface area (Å²) < 4.78 is 35.9. The van der Waals surface area contributed by atoms with Gasteiger partial charge in [-0.3, -0.25) is 9.10 Å². The summed E-state index contributed by atoms with van der Waals surface area (Å²) >= 11 is 0. The van der Waals surface area contributed by atoms with Crippen LogP contribution in [0.4, 0.5) is 5.69 Å². The van der Waals surface area contributed by atoms with E-state index in [9.17, 15) is 13.2 Å². The minimum Gasteiger partial charge on any atom is -0.493 e. The van der Waals surface area contributed by atoms with E-state index in [1.54, 1.807) is 0 Å². The van der Waals surface area contributed by atoms with Crippen LogP contribution in [-0.2, 0) is 10.0 Å². The Morgan fingerprint density at radius 1 is 0.967 bits per heavy atom. The molecular formula is C22H30N2O5S. The Balaban J connectivity index is 2.51. The number of sulfonamides is 1. The Kier molecular flexibility index (Phi) is 7.02. The summed E-state index contributed by atoms with van der Waals surface area (Å²) in [5.41, 5.74) is 4.79. The lowest BCUT2D eigenvalue weighted by atomic mass is 9.96. The lowest BCUT2D eigenvalue weighted by molar-refractivity contribution is 0.0940. The maximum absolute atomic E-state index is 13.2. The van der Waals surface area contributed by atoms with Crippen LogP contribution in [-0.4, -0.2) is 41.8 Å². The number of hydrogen-bond acceptors (Lipinski definition) is 5. The number of aryl methyl sites for hydroxylation is 3. The molecule has 0 aliphatic carbocycles. The van der Waals surface area contributed by atoms with E-state index in [0.29, 0.717) is 11.5 Å². The van der Waals surface area contributed by atoms with Crippen molar-refractivity contribution < 1.29 is 22.7 Å². The van der Waals surface area contributed by atoms with Crippen LogP contribution in [0.15, 0.2) is 24.3 Å². The van der Waals surface area contributed by atoms with Crippen molar-refractivity contribution in [3.8, 4) is 11.5 Å². The minimum absolute atomic E-state index is 0.175. The maximum atomic E-state index is 13.2. The molecule has 1 atom stereocenters. The van der Waals surface area contributed by atoms with Gasteiger partial charge in [0.2, 0.25) is 10.0 Å². The summed E-state index contributed by atoms with van der Waals surface area (Å²) in [6.07, 6.45) is 1.08. The number of nitrogens with one attached hydrogen (secondary N) is 1. The average Bonchev–Trinajstić information content (AvgIpc) is 2.68. The summed E-state index contributed by atoms with van der Waals surface area (Å²) in [7, 11) is 0.706. The molecule has 164 valence electrons. The SMILES string of the molecule is COc1cc(C(=O)NC(C)c2cc(C)c(C)cc2C)c(N(C)S(C)(=O)=O)cc1OC. The van der Waals surface area contributed by atoms with E-state index < -0.39 is 15.9 Å². The van der Waals surface area contributed by atoms with Gasteiger partial charge in [0.1, 0.15) is 0 Å². The highest BCUT2D eigenvalue weighted by atomic mass is 32.2. The first kappa shape index (κ1) is 23.5. The highest BCUT2D eigenvalue weighted by Crippen LogP contribution is 2.36. The van der Waals surface area contributed by atoms with Crippen LogP contribution in [0.2, 0.25) is 0 Å². The van der Waals surface area contributed by atoms with E-state index in [-0.39, 0.29) is 17.3 Å². The van der Waals surface area contributed by atoms with Crippen molar-refractivity contribution in [2.24, 2.45) is 0 Å². The number of carbonyl (C=O) groups excluding carboxylic acids is 1. The van der Waals surface area contributed by atoms with Gasteiger partial charge in [0.25, 0.3) is 5.91 Å². The molecule has 2 aromatic carbocycles. The molecule has 0 aromatic heterocycles. The van der Waals surface area contributed by atoms with Crippen LogP contribution < -0.4 is 19.1 Å². The molecule has 1 unspecified atom stereocenters. The zero-order valence-electron chi connectivity index (χ0n) is 18.8. The van der Waals surface area contributed by atoms with Crippen LogP contribution in [0.25, 0.3) is 0 Å². The molecule has 0 aliphatic rings. The molecule has 0 heterocycles. The zero-order chi connectivity index (χ0) is 22.8. The van der Waals surface area contributed by atoms with Gasteiger partial charge in [-0.25, -0.2) is 8.42 Å². The summed E-state index contributed by atoms with van der Waals surface area (Å²) in [6.45, 7) is 7.98.